The number of nitrogens with zero attached hydrogens (tertiary/aromatic N) is 2. The molecule has 1 aliphatic heterocycles. The van der Waals surface area contributed by atoms with E-state index in [0.29, 0.717) is 6.04 Å². The van der Waals surface area contributed by atoms with E-state index in [4.69, 9.17) is 0 Å². The van der Waals surface area contributed by atoms with Crippen molar-refractivity contribution in [3.63, 3.8) is 0 Å². The van der Waals surface area contributed by atoms with Crippen molar-refractivity contribution in [2.24, 2.45) is 0 Å². The Morgan fingerprint density at radius 3 is 2.65 bits per heavy atom. The number of hydrogen-bond acceptors (Lipinski definition) is 4. The Balaban J connectivity index is 2.35. The predicted molar refractivity (Wildman–Crippen MR) is 84.4 cm³/mol. The molecule has 0 saturated carbocycles. The zero-order chi connectivity index (χ0) is 15.2. The molecule has 6 heteroatoms. The molecule has 0 amide bonds. The van der Waals surface area contributed by atoms with Crippen molar-refractivity contribution in [3.8, 4) is 0 Å². The minimum absolute atomic E-state index is 0.146. The van der Waals surface area contributed by atoms with Crippen LogP contribution in [-0.4, -0.2) is 69.2 Å². The van der Waals surface area contributed by atoms with Gasteiger partial charge in [0.25, 0.3) is 0 Å². The molecule has 0 aromatic rings. The van der Waals surface area contributed by atoms with Crippen LogP contribution in [0.1, 0.15) is 39.5 Å². The van der Waals surface area contributed by atoms with Crippen LogP contribution in [0, 0.1) is 0 Å². The van der Waals surface area contributed by atoms with E-state index in [1.54, 1.807) is 11.4 Å². The second-order valence-corrected chi connectivity index (χ2v) is 8.35. The van der Waals surface area contributed by atoms with Crippen molar-refractivity contribution in [1.82, 2.24) is 14.5 Å². The molecule has 1 fully saturated rings. The van der Waals surface area contributed by atoms with E-state index in [2.05, 4.69) is 31.1 Å². The summed E-state index contributed by atoms with van der Waals surface area (Å²) in [6, 6.07) is 0.611. The van der Waals surface area contributed by atoms with Crippen molar-refractivity contribution in [1.29, 1.82) is 0 Å². The third kappa shape index (κ3) is 6.08. The topological polar surface area (TPSA) is 52.7 Å². The van der Waals surface area contributed by atoms with Crippen LogP contribution in [0.5, 0.6) is 0 Å². The van der Waals surface area contributed by atoms with Crippen LogP contribution < -0.4 is 5.32 Å². The molecule has 120 valence electrons. The fraction of sp³-hybridized carbons (Fsp3) is 1.00. The summed E-state index contributed by atoms with van der Waals surface area (Å²) in [4.78, 5) is 2.22. The van der Waals surface area contributed by atoms with Gasteiger partial charge in [0.2, 0.25) is 10.0 Å². The molecule has 0 aliphatic carbocycles. The molecule has 0 spiro atoms. The lowest BCUT2D eigenvalue weighted by Gasteiger charge is -2.35. The normalized spacial score (nSPS) is 21.8. The van der Waals surface area contributed by atoms with Crippen molar-refractivity contribution in [3.05, 3.63) is 0 Å². The van der Waals surface area contributed by atoms with Gasteiger partial charge in [0, 0.05) is 25.7 Å². The summed E-state index contributed by atoms with van der Waals surface area (Å²) in [5.74, 6) is 0.267. The number of hydrogen-bond donors (Lipinski definition) is 1. The van der Waals surface area contributed by atoms with Gasteiger partial charge in [-0.25, -0.2) is 12.7 Å². The van der Waals surface area contributed by atoms with Gasteiger partial charge in [0.1, 0.15) is 0 Å². The van der Waals surface area contributed by atoms with Gasteiger partial charge in [0.05, 0.1) is 5.75 Å². The summed E-state index contributed by atoms with van der Waals surface area (Å²) in [5, 5.41) is 3.32. The predicted octanol–water partition coefficient (Wildman–Crippen LogP) is 1.12. The molecule has 0 radical (unpaired) electrons. The van der Waals surface area contributed by atoms with E-state index < -0.39 is 10.0 Å². The number of unbranched alkanes of at least 4 members (excludes halogenated alkanes) is 1. The molecule has 1 N–H and O–H groups in total. The van der Waals surface area contributed by atoms with Crippen LogP contribution in [-0.2, 0) is 10.0 Å². The standard InChI is InChI=1S/C14H31N3O2S/c1-13(2)15-9-5-6-11-20(18,19)17(4)14-8-7-10-16(3)12-14/h13-15H,5-12H2,1-4H3. The first-order valence-corrected chi connectivity index (χ1v) is 9.31. The highest BCUT2D eigenvalue weighted by Crippen LogP contribution is 2.17. The number of rotatable bonds is 8. The number of likely N-dealkylation sites (tertiary alicyclic amines) is 1. The van der Waals surface area contributed by atoms with Crippen LogP contribution in [0.4, 0.5) is 0 Å². The zero-order valence-electron chi connectivity index (χ0n) is 13.4. The SMILES string of the molecule is CC(C)NCCCCS(=O)(=O)N(C)C1CCCN(C)C1. The smallest absolute Gasteiger partial charge is 0.214 e. The first-order chi connectivity index (χ1) is 9.33. The Kier molecular flexibility index (Phi) is 7.43. The average Bonchev–Trinajstić information content (AvgIpc) is 2.37. The zero-order valence-corrected chi connectivity index (χ0v) is 14.2. The highest BCUT2D eigenvalue weighted by Gasteiger charge is 2.28. The number of nitrogens with one attached hydrogen (secondary N) is 1. The lowest BCUT2D eigenvalue weighted by Crippen LogP contribution is -2.47. The first-order valence-electron chi connectivity index (χ1n) is 7.70. The van der Waals surface area contributed by atoms with Gasteiger partial charge in [0.15, 0.2) is 0 Å². The summed E-state index contributed by atoms with van der Waals surface area (Å²) in [7, 11) is 0.696. The van der Waals surface area contributed by atoms with E-state index in [0.717, 1.165) is 45.3 Å². The van der Waals surface area contributed by atoms with Crippen molar-refractivity contribution in [2.45, 2.75) is 51.6 Å². The molecule has 1 aliphatic rings. The Morgan fingerprint density at radius 1 is 1.35 bits per heavy atom. The fourth-order valence-electron chi connectivity index (χ4n) is 2.61. The van der Waals surface area contributed by atoms with E-state index >= 15 is 0 Å². The minimum Gasteiger partial charge on any atom is -0.315 e. The maximum atomic E-state index is 12.3. The monoisotopic (exact) mass is 305 g/mol. The second kappa shape index (κ2) is 8.32. The van der Waals surface area contributed by atoms with E-state index in [-0.39, 0.29) is 11.8 Å². The molecule has 1 atom stereocenters. The van der Waals surface area contributed by atoms with Gasteiger partial charge in [-0.1, -0.05) is 13.8 Å². The van der Waals surface area contributed by atoms with Crippen molar-refractivity contribution >= 4 is 10.0 Å². The molecule has 1 unspecified atom stereocenters. The third-order valence-corrected chi connectivity index (χ3v) is 5.91. The van der Waals surface area contributed by atoms with Crippen LogP contribution in [0.15, 0.2) is 0 Å². The summed E-state index contributed by atoms with van der Waals surface area (Å²) in [6.45, 7) is 7.02. The highest BCUT2D eigenvalue weighted by molar-refractivity contribution is 7.89. The fourth-order valence-corrected chi connectivity index (χ4v) is 4.09. The Morgan fingerprint density at radius 2 is 2.05 bits per heavy atom. The van der Waals surface area contributed by atoms with E-state index in [1.165, 1.54) is 0 Å². The van der Waals surface area contributed by atoms with E-state index in [1.807, 2.05) is 0 Å². The minimum atomic E-state index is -3.11. The van der Waals surface area contributed by atoms with Crippen molar-refractivity contribution < 1.29 is 8.42 Å². The molecule has 20 heavy (non-hydrogen) atoms. The van der Waals surface area contributed by atoms with Gasteiger partial charge in [-0.05, 0) is 45.8 Å². The van der Waals surface area contributed by atoms with Gasteiger partial charge in [-0.2, -0.15) is 0 Å². The van der Waals surface area contributed by atoms with Gasteiger partial charge < -0.3 is 10.2 Å². The van der Waals surface area contributed by atoms with Crippen LogP contribution in [0.3, 0.4) is 0 Å². The molecule has 1 rings (SSSR count). The van der Waals surface area contributed by atoms with Crippen LogP contribution in [0.25, 0.3) is 0 Å². The summed E-state index contributed by atoms with van der Waals surface area (Å²) in [5.41, 5.74) is 0. The molecule has 1 saturated heterocycles. The Bertz CT molecular complexity index is 371. The number of piperidine rings is 1. The molecule has 0 bridgehead atoms. The Hall–Kier alpha value is -0.170. The molecule has 0 aromatic carbocycles. The van der Waals surface area contributed by atoms with Gasteiger partial charge >= 0.3 is 0 Å². The summed E-state index contributed by atoms with van der Waals surface area (Å²) in [6.07, 6.45) is 3.71. The van der Waals surface area contributed by atoms with E-state index in [9.17, 15) is 8.42 Å². The lowest BCUT2D eigenvalue weighted by molar-refractivity contribution is 0.187. The van der Waals surface area contributed by atoms with Crippen LogP contribution in [0.2, 0.25) is 0 Å². The average molecular weight is 305 g/mol. The van der Waals surface area contributed by atoms with Crippen LogP contribution >= 0.6 is 0 Å². The number of likely N-dealkylation sites (N-methyl/N-ethyl adjacent to an activating group) is 2. The maximum absolute atomic E-state index is 12.3. The highest BCUT2D eigenvalue weighted by atomic mass is 32.2. The lowest BCUT2D eigenvalue weighted by atomic mass is 10.1. The molecule has 1 heterocycles. The van der Waals surface area contributed by atoms with Gasteiger partial charge in [-0.3, -0.25) is 0 Å². The van der Waals surface area contributed by atoms with Crippen molar-refractivity contribution in [2.75, 3.05) is 39.5 Å². The van der Waals surface area contributed by atoms with Gasteiger partial charge in [-0.15, -0.1) is 0 Å². The first kappa shape index (κ1) is 17.9. The third-order valence-electron chi connectivity index (χ3n) is 3.93. The molecular weight excluding hydrogens is 274 g/mol. The largest absolute Gasteiger partial charge is 0.315 e. The summed E-state index contributed by atoms with van der Waals surface area (Å²) < 4.78 is 26.3. The maximum Gasteiger partial charge on any atom is 0.214 e. The molecule has 5 nitrogen and oxygen atoms in total. The second-order valence-electron chi connectivity index (χ2n) is 6.21. The Labute approximate surface area is 124 Å². The summed E-state index contributed by atoms with van der Waals surface area (Å²) >= 11 is 0. The quantitative estimate of drug-likeness (QED) is 0.683. The number of sulfonamides is 1. The molecule has 0 aromatic heterocycles. The molecular formula is C14H31N3O2S.